The summed E-state index contributed by atoms with van der Waals surface area (Å²) in [6.07, 6.45) is 0. The Bertz CT molecular complexity index is 1030. The molecule has 0 spiro atoms. The van der Waals surface area contributed by atoms with Crippen LogP contribution in [-0.4, -0.2) is 30.8 Å². The highest BCUT2D eigenvalue weighted by molar-refractivity contribution is 7.14. The van der Waals surface area contributed by atoms with Gasteiger partial charge in [-0.05, 0) is 36.4 Å². The molecule has 2 heterocycles. The van der Waals surface area contributed by atoms with Crippen LogP contribution in [0.2, 0.25) is 0 Å². The lowest BCUT2D eigenvalue weighted by Crippen LogP contribution is -2.13. The van der Waals surface area contributed by atoms with Gasteiger partial charge in [0.15, 0.2) is 16.6 Å². The Morgan fingerprint density at radius 3 is 2.78 bits per heavy atom. The number of rotatable bonds is 4. The standard InChI is InChI=1S/C19H14N2O5S/c1-24-18(23)13-4-2-3-12(7-13)17(22)21-19-20-14(9-27-19)11-5-6-15-16(8-11)26-10-25-15/h2-9H,10H2,1H3,(H,20,21,22). The number of hydrogen-bond donors (Lipinski definition) is 1. The molecule has 7 nitrogen and oxygen atoms in total. The molecule has 27 heavy (non-hydrogen) atoms. The predicted octanol–water partition coefficient (Wildman–Crippen LogP) is 3.58. The van der Waals surface area contributed by atoms with Gasteiger partial charge in [-0.25, -0.2) is 9.78 Å². The van der Waals surface area contributed by atoms with Crippen molar-refractivity contribution in [3.8, 4) is 22.8 Å². The van der Waals surface area contributed by atoms with Gasteiger partial charge >= 0.3 is 5.97 Å². The number of benzene rings is 2. The Labute approximate surface area is 158 Å². The van der Waals surface area contributed by atoms with Crippen LogP contribution in [0.5, 0.6) is 11.5 Å². The maximum Gasteiger partial charge on any atom is 0.337 e. The zero-order valence-corrected chi connectivity index (χ0v) is 15.0. The first kappa shape index (κ1) is 17.0. The molecule has 3 aromatic rings. The van der Waals surface area contributed by atoms with E-state index in [0.29, 0.717) is 27.8 Å². The molecule has 0 aliphatic carbocycles. The third-order valence-corrected chi connectivity index (χ3v) is 4.70. The quantitative estimate of drug-likeness (QED) is 0.694. The van der Waals surface area contributed by atoms with Crippen molar-refractivity contribution in [3.05, 3.63) is 59.0 Å². The second kappa shape index (κ2) is 7.08. The Morgan fingerprint density at radius 1 is 1.11 bits per heavy atom. The van der Waals surface area contributed by atoms with E-state index in [1.54, 1.807) is 18.2 Å². The highest BCUT2D eigenvalue weighted by Crippen LogP contribution is 2.36. The van der Waals surface area contributed by atoms with E-state index in [1.165, 1.54) is 24.5 Å². The number of aromatic nitrogens is 1. The summed E-state index contributed by atoms with van der Waals surface area (Å²) in [4.78, 5) is 28.5. The van der Waals surface area contributed by atoms with Crippen LogP contribution < -0.4 is 14.8 Å². The molecule has 0 atom stereocenters. The van der Waals surface area contributed by atoms with Crippen LogP contribution in [0.3, 0.4) is 0 Å². The first-order chi connectivity index (χ1) is 13.1. The van der Waals surface area contributed by atoms with Crippen LogP contribution in [0.15, 0.2) is 47.8 Å². The molecule has 8 heteroatoms. The zero-order valence-electron chi connectivity index (χ0n) is 14.2. The number of carbonyl (C=O) groups excluding carboxylic acids is 2. The summed E-state index contributed by atoms with van der Waals surface area (Å²) in [6, 6.07) is 11.9. The molecule has 0 saturated carbocycles. The lowest BCUT2D eigenvalue weighted by Gasteiger charge is -2.04. The topological polar surface area (TPSA) is 86.8 Å². The predicted molar refractivity (Wildman–Crippen MR) is 99.4 cm³/mol. The lowest BCUT2D eigenvalue weighted by molar-refractivity contribution is 0.0600. The maximum atomic E-state index is 12.4. The highest BCUT2D eigenvalue weighted by atomic mass is 32.1. The first-order valence-corrected chi connectivity index (χ1v) is 8.87. The van der Waals surface area contributed by atoms with Gasteiger partial charge in [0.05, 0.1) is 18.4 Å². The van der Waals surface area contributed by atoms with Crippen molar-refractivity contribution in [3.63, 3.8) is 0 Å². The smallest absolute Gasteiger partial charge is 0.337 e. The molecule has 1 N–H and O–H groups in total. The van der Waals surface area contributed by atoms with Gasteiger partial charge in [0.25, 0.3) is 5.91 Å². The SMILES string of the molecule is COC(=O)c1cccc(C(=O)Nc2nc(-c3ccc4c(c3)OCO4)cs2)c1. The van der Waals surface area contributed by atoms with E-state index < -0.39 is 5.97 Å². The summed E-state index contributed by atoms with van der Waals surface area (Å²) >= 11 is 1.31. The Kier molecular flexibility index (Phi) is 4.47. The number of ether oxygens (including phenoxy) is 3. The summed E-state index contributed by atoms with van der Waals surface area (Å²) in [5, 5.41) is 5.05. The number of anilines is 1. The van der Waals surface area contributed by atoms with Crippen molar-refractivity contribution < 1.29 is 23.8 Å². The molecule has 0 unspecified atom stereocenters. The van der Waals surface area contributed by atoms with Crippen molar-refractivity contribution in [1.29, 1.82) is 0 Å². The number of esters is 1. The van der Waals surface area contributed by atoms with Crippen molar-refractivity contribution in [2.24, 2.45) is 0 Å². The number of methoxy groups -OCH3 is 1. The van der Waals surface area contributed by atoms with Crippen LogP contribution in [0, 0.1) is 0 Å². The van der Waals surface area contributed by atoms with E-state index in [0.717, 1.165) is 11.3 Å². The molecule has 0 radical (unpaired) electrons. The molecule has 1 amide bonds. The number of fused-ring (bicyclic) bond motifs is 1. The van der Waals surface area contributed by atoms with Gasteiger partial charge in [0.2, 0.25) is 6.79 Å². The third-order valence-electron chi connectivity index (χ3n) is 3.94. The van der Waals surface area contributed by atoms with E-state index >= 15 is 0 Å². The molecule has 1 aliphatic heterocycles. The van der Waals surface area contributed by atoms with Crippen LogP contribution in [0.4, 0.5) is 5.13 Å². The van der Waals surface area contributed by atoms with Crippen molar-refractivity contribution >= 4 is 28.3 Å². The lowest BCUT2D eigenvalue weighted by atomic mass is 10.1. The summed E-state index contributed by atoms with van der Waals surface area (Å²) in [6.45, 7) is 0.210. The molecular formula is C19H14N2O5S. The number of carbonyl (C=O) groups is 2. The molecule has 2 aromatic carbocycles. The van der Waals surface area contributed by atoms with Gasteiger partial charge < -0.3 is 14.2 Å². The molecule has 1 aromatic heterocycles. The fourth-order valence-electron chi connectivity index (χ4n) is 2.59. The zero-order chi connectivity index (χ0) is 18.8. The summed E-state index contributed by atoms with van der Waals surface area (Å²) in [7, 11) is 1.29. The van der Waals surface area contributed by atoms with Crippen molar-refractivity contribution in [2.75, 3.05) is 19.2 Å². The van der Waals surface area contributed by atoms with Gasteiger partial charge in [-0.3, -0.25) is 10.1 Å². The normalized spacial score (nSPS) is 11.9. The molecule has 1 aliphatic rings. The van der Waals surface area contributed by atoms with Gasteiger partial charge in [0.1, 0.15) is 0 Å². The Morgan fingerprint density at radius 2 is 1.93 bits per heavy atom. The number of nitrogens with one attached hydrogen (secondary N) is 1. The molecule has 136 valence electrons. The molecule has 0 bridgehead atoms. The highest BCUT2D eigenvalue weighted by Gasteiger charge is 2.16. The van der Waals surface area contributed by atoms with Crippen molar-refractivity contribution in [2.45, 2.75) is 0 Å². The van der Waals surface area contributed by atoms with E-state index in [9.17, 15) is 9.59 Å². The Hall–Kier alpha value is -3.39. The van der Waals surface area contributed by atoms with Crippen LogP contribution in [0.1, 0.15) is 20.7 Å². The van der Waals surface area contributed by atoms with Gasteiger partial charge in [0, 0.05) is 16.5 Å². The third kappa shape index (κ3) is 3.47. The van der Waals surface area contributed by atoms with Crippen molar-refractivity contribution in [1.82, 2.24) is 4.98 Å². The van der Waals surface area contributed by atoms with Gasteiger partial charge in [-0.1, -0.05) is 6.07 Å². The number of nitrogens with zero attached hydrogens (tertiary/aromatic N) is 1. The molecular weight excluding hydrogens is 368 g/mol. The fraction of sp³-hybridized carbons (Fsp3) is 0.105. The molecule has 4 rings (SSSR count). The number of amides is 1. The van der Waals surface area contributed by atoms with Crippen LogP contribution in [-0.2, 0) is 4.74 Å². The minimum Gasteiger partial charge on any atom is -0.465 e. The fourth-order valence-corrected chi connectivity index (χ4v) is 3.31. The number of hydrogen-bond acceptors (Lipinski definition) is 7. The minimum atomic E-state index is -0.496. The second-order valence-electron chi connectivity index (χ2n) is 5.63. The average Bonchev–Trinajstić information content (AvgIpc) is 3.36. The largest absolute Gasteiger partial charge is 0.465 e. The van der Waals surface area contributed by atoms with E-state index in [4.69, 9.17) is 9.47 Å². The minimum absolute atomic E-state index is 0.210. The summed E-state index contributed by atoms with van der Waals surface area (Å²) in [5.41, 5.74) is 2.24. The van der Waals surface area contributed by atoms with Crippen LogP contribution >= 0.6 is 11.3 Å². The summed E-state index contributed by atoms with van der Waals surface area (Å²) in [5.74, 6) is 0.523. The van der Waals surface area contributed by atoms with E-state index in [-0.39, 0.29) is 12.7 Å². The monoisotopic (exact) mass is 382 g/mol. The van der Waals surface area contributed by atoms with E-state index in [1.807, 2.05) is 23.6 Å². The average molecular weight is 382 g/mol. The molecule has 0 saturated heterocycles. The van der Waals surface area contributed by atoms with Gasteiger partial charge in [-0.2, -0.15) is 0 Å². The summed E-state index contributed by atoms with van der Waals surface area (Å²) < 4.78 is 15.3. The maximum absolute atomic E-state index is 12.4. The Balaban J connectivity index is 1.51. The second-order valence-corrected chi connectivity index (χ2v) is 6.49. The number of thiazole rings is 1. The van der Waals surface area contributed by atoms with Gasteiger partial charge in [-0.15, -0.1) is 11.3 Å². The van der Waals surface area contributed by atoms with E-state index in [2.05, 4.69) is 15.0 Å². The first-order valence-electron chi connectivity index (χ1n) is 7.99. The van der Waals surface area contributed by atoms with Crippen LogP contribution in [0.25, 0.3) is 11.3 Å². The molecule has 0 fully saturated rings.